The molecule has 0 saturated heterocycles. The van der Waals surface area contributed by atoms with Crippen LogP contribution in [-0.4, -0.2) is 38.2 Å². The number of methoxy groups -OCH3 is 1. The quantitative estimate of drug-likeness (QED) is 0.340. The number of aryl methyl sites for hydroxylation is 1. The number of rotatable bonds is 7. The lowest BCUT2D eigenvalue weighted by Crippen LogP contribution is -2.26. The number of aromatic nitrogens is 1. The van der Waals surface area contributed by atoms with Crippen molar-refractivity contribution in [1.29, 1.82) is 0 Å². The lowest BCUT2D eigenvalue weighted by Gasteiger charge is -2.19. The summed E-state index contributed by atoms with van der Waals surface area (Å²) in [6, 6.07) is 10.5. The first-order chi connectivity index (χ1) is 17.8. The zero-order valence-electron chi connectivity index (χ0n) is 23.1. The number of benzene rings is 2. The predicted octanol–water partition coefficient (Wildman–Crippen LogP) is 6.62. The molecule has 1 unspecified atom stereocenters. The molecular formula is C30H38N2O5S. The monoisotopic (exact) mass is 538 g/mol. The highest BCUT2D eigenvalue weighted by Gasteiger charge is 2.32. The van der Waals surface area contributed by atoms with Gasteiger partial charge in [-0.1, -0.05) is 46.5 Å². The molecule has 1 aliphatic carbocycles. The van der Waals surface area contributed by atoms with Gasteiger partial charge in [0.1, 0.15) is 0 Å². The van der Waals surface area contributed by atoms with Crippen molar-refractivity contribution in [3.05, 3.63) is 53.7 Å². The molecule has 1 N–H and O–H groups in total. The molecular weight excluding hydrogens is 500 g/mol. The minimum atomic E-state index is -3.29. The van der Waals surface area contributed by atoms with E-state index in [1.807, 2.05) is 46.0 Å². The summed E-state index contributed by atoms with van der Waals surface area (Å²) >= 11 is 0. The fraction of sp³-hybridized carbons (Fsp3) is 0.467. The summed E-state index contributed by atoms with van der Waals surface area (Å²) in [7, 11) is -1.87. The molecule has 7 nitrogen and oxygen atoms in total. The van der Waals surface area contributed by atoms with E-state index in [1.165, 1.54) is 26.2 Å². The fourth-order valence-corrected chi connectivity index (χ4v) is 5.99. The van der Waals surface area contributed by atoms with Gasteiger partial charge in [0.15, 0.2) is 9.84 Å². The minimum Gasteiger partial charge on any atom is -0.469 e. The zero-order chi connectivity index (χ0) is 27.8. The molecule has 3 aromatic rings. The molecule has 1 aromatic heterocycles. The molecule has 1 aliphatic rings. The molecule has 1 saturated carbocycles. The summed E-state index contributed by atoms with van der Waals surface area (Å²) in [5, 5.41) is 4.24. The number of nitrogens with zero attached hydrogens (tertiary/aromatic N) is 1. The van der Waals surface area contributed by atoms with Crippen molar-refractivity contribution in [1.82, 2.24) is 4.57 Å². The zero-order valence-corrected chi connectivity index (χ0v) is 23.9. The van der Waals surface area contributed by atoms with Gasteiger partial charge < -0.3 is 10.1 Å². The van der Waals surface area contributed by atoms with Crippen molar-refractivity contribution >= 4 is 44.0 Å². The van der Waals surface area contributed by atoms with Crippen molar-refractivity contribution < 1.29 is 22.7 Å². The van der Waals surface area contributed by atoms with E-state index in [0.29, 0.717) is 12.3 Å². The SMILES string of the molecule is COC(=O)C(CC1CCCC1)c1cn(C(=O)C(C)(C)C)c2cc(Nc3ccc(S(C)(=O)=O)cc3)c(C)cc12. The fourth-order valence-electron chi connectivity index (χ4n) is 5.36. The van der Waals surface area contributed by atoms with E-state index >= 15 is 0 Å². The number of fused-ring (bicyclic) bond motifs is 1. The van der Waals surface area contributed by atoms with Crippen molar-refractivity contribution in [3.8, 4) is 0 Å². The van der Waals surface area contributed by atoms with E-state index < -0.39 is 21.2 Å². The van der Waals surface area contributed by atoms with Gasteiger partial charge in [-0.3, -0.25) is 14.2 Å². The van der Waals surface area contributed by atoms with Crippen LogP contribution < -0.4 is 5.32 Å². The van der Waals surface area contributed by atoms with Crippen LogP contribution in [0.4, 0.5) is 11.4 Å². The summed E-state index contributed by atoms with van der Waals surface area (Å²) in [5.74, 6) is -0.315. The summed E-state index contributed by atoms with van der Waals surface area (Å²) in [4.78, 5) is 26.8. The number of hydrogen-bond donors (Lipinski definition) is 1. The number of hydrogen-bond acceptors (Lipinski definition) is 6. The summed E-state index contributed by atoms with van der Waals surface area (Å²) in [6.07, 6.45) is 8.31. The number of anilines is 2. The van der Waals surface area contributed by atoms with Gasteiger partial charge in [-0.25, -0.2) is 8.42 Å². The third-order valence-electron chi connectivity index (χ3n) is 7.51. The van der Waals surface area contributed by atoms with Gasteiger partial charge in [0.05, 0.1) is 23.4 Å². The molecule has 1 fully saturated rings. The van der Waals surface area contributed by atoms with E-state index in [2.05, 4.69) is 5.32 Å². The molecule has 0 aliphatic heterocycles. The van der Waals surface area contributed by atoms with E-state index in [4.69, 9.17) is 4.74 Å². The largest absolute Gasteiger partial charge is 0.469 e. The highest BCUT2D eigenvalue weighted by Crippen LogP contribution is 2.40. The summed E-state index contributed by atoms with van der Waals surface area (Å²) in [6.45, 7) is 7.62. The molecule has 38 heavy (non-hydrogen) atoms. The van der Waals surface area contributed by atoms with Crippen LogP contribution in [0.25, 0.3) is 10.9 Å². The van der Waals surface area contributed by atoms with Crippen molar-refractivity contribution in [2.75, 3.05) is 18.7 Å². The molecule has 204 valence electrons. The Balaban J connectivity index is 1.82. The van der Waals surface area contributed by atoms with Crippen LogP contribution in [0.5, 0.6) is 0 Å². The smallest absolute Gasteiger partial charge is 0.313 e. The molecule has 0 bridgehead atoms. The Morgan fingerprint density at radius 1 is 1.11 bits per heavy atom. The summed E-state index contributed by atoms with van der Waals surface area (Å²) in [5.41, 5.74) is 3.38. The number of carbonyl (C=O) groups is 2. The molecule has 1 heterocycles. The third-order valence-corrected chi connectivity index (χ3v) is 8.64. The Bertz CT molecular complexity index is 1460. The maximum Gasteiger partial charge on any atom is 0.313 e. The predicted molar refractivity (Wildman–Crippen MR) is 151 cm³/mol. The molecule has 4 rings (SSSR count). The second kappa shape index (κ2) is 10.6. The second-order valence-corrected chi connectivity index (χ2v) is 13.6. The van der Waals surface area contributed by atoms with Crippen LogP contribution >= 0.6 is 0 Å². The lowest BCUT2D eigenvalue weighted by molar-refractivity contribution is -0.142. The Hall–Kier alpha value is -3.13. The normalized spacial score (nSPS) is 15.5. The van der Waals surface area contributed by atoms with Crippen LogP contribution in [0.15, 0.2) is 47.5 Å². The Labute approximate surface area is 225 Å². The van der Waals surface area contributed by atoms with E-state index in [-0.39, 0.29) is 16.8 Å². The van der Waals surface area contributed by atoms with Crippen LogP contribution in [0, 0.1) is 18.3 Å². The van der Waals surface area contributed by atoms with Crippen LogP contribution in [0.2, 0.25) is 0 Å². The van der Waals surface area contributed by atoms with Gasteiger partial charge in [0.25, 0.3) is 0 Å². The standard InChI is InChI=1S/C30H38N2O5S/c1-19-15-23-25(24(28(33)37-5)16-20-9-7-8-10-20)18-32(29(34)30(2,3)4)27(23)17-26(19)31-21-11-13-22(14-12-21)38(6,35)36/h11-15,17-18,20,24,31H,7-10,16H2,1-6H3. The highest BCUT2D eigenvalue weighted by atomic mass is 32.2. The number of esters is 1. The minimum absolute atomic E-state index is 0.0643. The van der Waals surface area contributed by atoms with Crippen LogP contribution in [0.3, 0.4) is 0 Å². The topological polar surface area (TPSA) is 94.5 Å². The Morgan fingerprint density at radius 2 is 1.74 bits per heavy atom. The first-order valence-electron chi connectivity index (χ1n) is 13.1. The van der Waals surface area contributed by atoms with Gasteiger partial charge in [0.2, 0.25) is 5.91 Å². The Morgan fingerprint density at radius 3 is 2.29 bits per heavy atom. The Kier molecular flexibility index (Phi) is 7.75. The molecule has 2 aromatic carbocycles. The summed E-state index contributed by atoms with van der Waals surface area (Å²) < 4.78 is 30.6. The first-order valence-corrected chi connectivity index (χ1v) is 15.0. The van der Waals surface area contributed by atoms with Gasteiger partial charge in [0, 0.05) is 34.6 Å². The average molecular weight is 539 g/mol. The number of nitrogens with one attached hydrogen (secondary N) is 1. The molecule has 0 amide bonds. The van der Waals surface area contributed by atoms with Gasteiger partial charge in [-0.15, -0.1) is 0 Å². The molecule has 0 radical (unpaired) electrons. The maximum atomic E-state index is 13.6. The molecule has 0 spiro atoms. The number of sulfone groups is 1. The number of carbonyl (C=O) groups excluding carboxylic acids is 2. The molecule has 8 heteroatoms. The van der Waals surface area contributed by atoms with Crippen LogP contribution in [0.1, 0.15) is 74.7 Å². The number of ether oxygens (including phenoxy) is 1. The first kappa shape index (κ1) is 27.9. The van der Waals surface area contributed by atoms with Crippen molar-refractivity contribution in [2.45, 2.75) is 70.6 Å². The van der Waals surface area contributed by atoms with Gasteiger partial charge in [-0.05, 0) is 66.8 Å². The van der Waals surface area contributed by atoms with Gasteiger partial charge >= 0.3 is 5.97 Å². The average Bonchev–Trinajstić information content (AvgIpc) is 3.49. The third kappa shape index (κ3) is 5.80. The van der Waals surface area contributed by atoms with Crippen molar-refractivity contribution in [2.24, 2.45) is 11.3 Å². The van der Waals surface area contributed by atoms with E-state index in [9.17, 15) is 18.0 Å². The maximum absolute atomic E-state index is 13.6. The highest BCUT2D eigenvalue weighted by molar-refractivity contribution is 7.90. The van der Waals surface area contributed by atoms with E-state index in [0.717, 1.165) is 46.2 Å². The van der Waals surface area contributed by atoms with Crippen LogP contribution in [-0.2, 0) is 19.4 Å². The second-order valence-electron chi connectivity index (χ2n) is 11.6. The molecule has 1 atom stereocenters. The lowest BCUT2D eigenvalue weighted by atomic mass is 9.87. The van der Waals surface area contributed by atoms with Crippen molar-refractivity contribution in [3.63, 3.8) is 0 Å². The van der Waals surface area contributed by atoms with Gasteiger partial charge in [-0.2, -0.15) is 0 Å². The van der Waals surface area contributed by atoms with E-state index in [1.54, 1.807) is 28.8 Å².